The standard InChI is InChI=1S/C23H20N6O/c1-29-23(13-21(28-29)20-4-2-3-11-26-20)30-22-12-17(14-25)5-7-18(22)19-8-6-16(9-10-24)15-27-19/h2-8,11-13,15H,9-10,24H2,1H3. The predicted molar refractivity (Wildman–Crippen MR) is 114 cm³/mol. The molecule has 0 aliphatic carbocycles. The minimum atomic E-state index is 0.501. The number of ether oxygens (including phenoxy) is 1. The third kappa shape index (κ3) is 4.04. The van der Waals surface area contributed by atoms with Gasteiger partial charge in [-0.3, -0.25) is 9.97 Å². The van der Waals surface area contributed by atoms with Crippen molar-refractivity contribution >= 4 is 0 Å². The summed E-state index contributed by atoms with van der Waals surface area (Å²) in [5.74, 6) is 1.07. The van der Waals surface area contributed by atoms with Crippen molar-refractivity contribution in [2.24, 2.45) is 12.8 Å². The molecule has 0 spiro atoms. The second kappa shape index (κ2) is 8.55. The summed E-state index contributed by atoms with van der Waals surface area (Å²) in [7, 11) is 1.80. The number of rotatable bonds is 6. The molecule has 0 aliphatic heterocycles. The van der Waals surface area contributed by atoms with E-state index in [9.17, 15) is 5.26 Å². The van der Waals surface area contributed by atoms with Crippen molar-refractivity contribution < 1.29 is 4.74 Å². The van der Waals surface area contributed by atoms with Gasteiger partial charge in [-0.05, 0) is 54.9 Å². The van der Waals surface area contributed by atoms with E-state index in [2.05, 4.69) is 21.1 Å². The molecule has 2 N–H and O–H groups in total. The zero-order chi connectivity index (χ0) is 20.9. The molecule has 0 fully saturated rings. The highest BCUT2D eigenvalue weighted by Gasteiger charge is 2.15. The second-order valence-corrected chi connectivity index (χ2v) is 6.72. The van der Waals surface area contributed by atoms with Gasteiger partial charge in [-0.1, -0.05) is 12.1 Å². The van der Waals surface area contributed by atoms with E-state index in [1.165, 1.54) is 0 Å². The first kappa shape index (κ1) is 19.3. The fraction of sp³-hybridized carbons (Fsp3) is 0.130. The molecular weight excluding hydrogens is 376 g/mol. The summed E-state index contributed by atoms with van der Waals surface area (Å²) in [5, 5.41) is 13.8. The fourth-order valence-corrected chi connectivity index (χ4v) is 3.08. The lowest BCUT2D eigenvalue weighted by Crippen LogP contribution is -2.03. The van der Waals surface area contributed by atoms with Gasteiger partial charge in [-0.2, -0.15) is 10.4 Å². The third-order valence-electron chi connectivity index (χ3n) is 4.62. The quantitative estimate of drug-likeness (QED) is 0.533. The van der Waals surface area contributed by atoms with Gasteiger partial charge in [0.05, 0.1) is 23.0 Å². The van der Waals surface area contributed by atoms with Crippen LogP contribution in [-0.4, -0.2) is 26.3 Å². The van der Waals surface area contributed by atoms with Crippen LogP contribution >= 0.6 is 0 Å². The molecule has 4 rings (SSSR count). The van der Waals surface area contributed by atoms with Crippen molar-refractivity contribution in [3.63, 3.8) is 0 Å². The van der Waals surface area contributed by atoms with Crippen LogP contribution < -0.4 is 10.5 Å². The molecule has 0 bridgehead atoms. The summed E-state index contributed by atoms with van der Waals surface area (Å²) in [6, 6.07) is 18.9. The van der Waals surface area contributed by atoms with Gasteiger partial charge in [-0.15, -0.1) is 0 Å². The number of hydrogen-bond acceptors (Lipinski definition) is 6. The number of pyridine rings is 2. The SMILES string of the molecule is Cn1nc(-c2ccccn2)cc1Oc1cc(C#N)ccc1-c1ccc(CCN)cn1. The maximum atomic E-state index is 9.33. The van der Waals surface area contributed by atoms with E-state index in [-0.39, 0.29) is 0 Å². The molecule has 0 unspecified atom stereocenters. The number of aryl methyl sites for hydroxylation is 1. The van der Waals surface area contributed by atoms with Crippen molar-refractivity contribution in [2.45, 2.75) is 6.42 Å². The van der Waals surface area contributed by atoms with Crippen molar-refractivity contribution in [1.82, 2.24) is 19.7 Å². The Balaban J connectivity index is 1.70. The summed E-state index contributed by atoms with van der Waals surface area (Å²) in [6.07, 6.45) is 4.31. The smallest absolute Gasteiger partial charge is 0.218 e. The van der Waals surface area contributed by atoms with E-state index in [4.69, 9.17) is 10.5 Å². The average Bonchev–Trinajstić information content (AvgIpc) is 3.15. The van der Waals surface area contributed by atoms with Gasteiger partial charge in [0.25, 0.3) is 0 Å². The van der Waals surface area contributed by atoms with Crippen LogP contribution in [0.3, 0.4) is 0 Å². The van der Waals surface area contributed by atoms with E-state index in [0.717, 1.165) is 28.9 Å². The van der Waals surface area contributed by atoms with E-state index in [1.807, 2.05) is 48.7 Å². The average molecular weight is 396 g/mol. The van der Waals surface area contributed by atoms with Gasteiger partial charge in [0.1, 0.15) is 11.4 Å². The lowest BCUT2D eigenvalue weighted by atomic mass is 10.1. The molecule has 0 amide bonds. The van der Waals surface area contributed by atoms with E-state index >= 15 is 0 Å². The molecule has 30 heavy (non-hydrogen) atoms. The largest absolute Gasteiger partial charge is 0.439 e. The van der Waals surface area contributed by atoms with Crippen LogP contribution in [0.4, 0.5) is 0 Å². The molecule has 7 nitrogen and oxygen atoms in total. The minimum Gasteiger partial charge on any atom is -0.439 e. The van der Waals surface area contributed by atoms with Gasteiger partial charge in [-0.25, -0.2) is 4.68 Å². The van der Waals surface area contributed by atoms with E-state index in [0.29, 0.717) is 29.4 Å². The number of nitriles is 1. The molecule has 4 aromatic rings. The van der Waals surface area contributed by atoms with Crippen LogP contribution in [0.5, 0.6) is 11.6 Å². The maximum Gasteiger partial charge on any atom is 0.218 e. The number of nitrogens with two attached hydrogens (primary N) is 1. The van der Waals surface area contributed by atoms with Crippen LogP contribution in [0.25, 0.3) is 22.6 Å². The Morgan fingerprint density at radius 3 is 2.63 bits per heavy atom. The lowest BCUT2D eigenvalue weighted by molar-refractivity contribution is 0.432. The van der Waals surface area contributed by atoms with Crippen molar-refractivity contribution in [2.75, 3.05) is 6.54 Å². The highest BCUT2D eigenvalue weighted by molar-refractivity contribution is 5.69. The van der Waals surface area contributed by atoms with Gasteiger partial charge >= 0.3 is 0 Å². The maximum absolute atomic E-state index is 9.33. The number of nitrogens with zero attached hydrogens (tertiary/aromatic N) is 5. The monoisotopic (exact) mass is 396 g/mol. The normalized spacial score (nSPS) is 10.6. The van der Waals surface area contributed by atoms with Crippen LogP contribution in [0.15, 0.2) is 67.0 Å². The third-order valence-corrected chi connectivity index (χ3v) is 4.62. The molecule has 0 atom stereocenters. The number of hydrogen-bond donors (Lipinski definition) is 1. The van der Waals surface area contributed by atoms with Gasteiger partial charge in [0.2, 0.25) is 5.88 Å². The Labute approximate surface area is 174 Å². The van der Waals surface area contributed by atoms with Crippen LogP contribution in [0, 0.1) is 11.3 Å². The molecule has 0 aliphatic rings. The molecule has 1 aromatic carbocycles. The molecule has 0 saturated heterocycles. The predicted octanol–water partition coefficient (Wildman–Crippen LogP) is 3.71. The minimum absolute atomic E-state index is 0.501. The number of benzene rings is 1. The zero-order valence-electron chi connectivity index (χ0n) is 16.5. The Kier molecular flexibility index (Phi) is 5.50. The van der Waals surface area contributed by atoms with Crippen LogP contribution in [-0.2, 0) is 13.5 Å². The summed E-state index contributed by atoms with van der Waals surface area (Å²) in [4.78, 5) is 8.88. The topological polar surface area (TPSA) is 103 Å². The first-order valence-corrected chi connectivity index (χ1v) is 9.51. The molecule has 148 valence electrons. The lowest BCUT2D eigenvalue weighted by Gasteiger charge is -2.11. The first-order chi connectivity index (χ1) is 14.7. The summed E-state index contributed by atoms with van der Waals surface area (Å²) >= 11 is 0. The van der Waals surface area contributed by atoms with Crippen molar-refractivity contribution in [3.8, 4) is 40.3 Å². The van der Waals surface area contributed by atoms with Crippen molar-refractivity contribution in [3.05, 3.63) is 78.1 Å². The van der Waals surface area contributed by atoms with Crippen molar-refractivity contribution in [1.29, 1.82) is 5.26 Å². The molecule has 3 heterocycles. The summed E-state index contributed by atoms with van der Waals surface area (Å²) < 4.78 is 7.82. The molecule has 0 radical (unpaired) electrons. The Morgan fingerprint density at radius 1 is 1.03 bits per heavy atom. The second-order valence-electron chi connectivity index (χ2n) is 6.72. The molecule has 7 heteroatoms. The number of aromatic nitrogens is 4. The molecular formula is C23H20N6O. The Hall–Kier alpha value is -4.02. The van der Waals surface area contributed by atoms with E-state index < -0.39 is 0 Å². The molecule has 0 saturated carbocycles. The van der Waals surface area contributed by atoms with Gasteiger partial charge < -0.3 is 10.5 Å². The fourth-order valence-electron chi connectivity index (χ4n) is 3.08. The first-order valence-electron chi connectivity index (χ1n) is 9.51. The van der Waals surface area contributed by atoms with Gasteiger partial charge in [0, 0.05) is 31.1 Å². The van der Waals surface area contributed by atoms with Crippen LogP contribution in [0.1, 0.15) is 11.1 Å². The summed E-state index contributed by atoms with van der Waals surface area (Å²) in [6.45, 7) is 0.575. The highest BCUT2D eigenvalue weighted by atomic mass is 16.5. The Bertz CT molecular complexity index is 1190. The van der Waals surface area contributed by atoms with Gasteiger partial charge in [0.15, 0.2) is 0 Å². The van der Waals surface area contributed by atoms with Crippen LogP contribution in [0.2, 0.25) is 0 Å². The van der Waals surface area contributed by atoms with E-state index in [1.54, 1.807) is 30.1 Å². The zero-order valence-corrected chi connectivity index (χ0v) is 16.5. The summed E-state index contributed by atoms with van der Waals surface area (Å²) in [5.41, 5.74) is 10.2. The Morgan fingerprint density at radius 2 is 1.93 bits per heavy atom. The molecule has 3 aromatic heterocycles. The highest BCUT2D eigenvalue weighted by Crippen LogP contribution is 2.34.